The van der Waals surface area contributed by atoms with E-state index in [1.54, 1.807) is 24.3 Å². The van der Waals surface area contributed by atoms with Gasteiger partial charge in [0.2, 0.25) is 0 Å². The Morgan fingerprint density at radius 1 is 1.00 bits per heavy atom. The monoisotopic (exact) mass is 311 g/mol. The van der Waals surface area contributed by atoms with Gasteiger partial charge in [0, 0.05) is 0 Å². The fourth-order valence-corrected chi connectivity index (χ4v) is 2.39. The SMILES string of the molecule is O=C(OCCN1C(=O)c2ccccc2C1=O)c1cccc(O)c1. The van der Waals surface area contributed by atoms with E-state index >= 15 is 0 Å². The van der Waals surface area contributed by atoms with Gasteiger partial charge in [0.25, 0.3) is 11.8 Å². The smallest absolute Gasteiger partial charge is 0.338 e. The highest BCUT2D eigenvalue weighted by atomic mass is 16.5. The van der Waals surface area contributed by atoms with Crippen LogP contribution >= 0.6 is 0 Å². The second-order valence-corrected chi connectivity index (χ2v) is 4.99. The van der Waals surface area contributed by atoms with Gasteiger partial charge in [-0.15, -0.1) is 0 Å². The van der Waals surface area contributed by atoms with Crippen LogP contribution in [-0.4, -0.2) is 40.9 Å². The predicted octanol–water partition coefficient (Wildman–Crippen LogP) is 1.85. The zero-order valence-electron chi connectivity index (χ0n) is 12.1. The lowest BCUT2D eigenvalue weighted by atomic mass is 10.1. The molecule has 0 saturated carbocycles. The van der Waals surface area contributed by atoms with Gasteiger partial charge in [-0.3, -0.25) is 14.5 Å². The van der Waals surface area contributed by atoms with Crippen LogP contribution in [0.25, 0.3) is 0 Å². The van der Waals surface area contributed by atoms with Gasteiger partial charge in [-0.25, -0.2) is 4.79 Å². The van der Waals surface area contributed by atoms with E-state index in [1.807, 2.05) is 0 Å². The lowest BCUT2D eigenvalue weighted by Crippen LogP contribution is -2.33. The molecule has 0 radical (unpaired) electrons. The summed E-state index contributed by atoms with van der Waals surface area (Å²) in [6, 6.07) is 12.3. The molecule has 0 spiro atoms. The number of nitrogens with zero attached hydrogens (tertiary/aromatic N) is 1. The third-order valence-corrected chi connectivity index (χ3v) is 3.51. The number of amides is 2. The Hall–Kier alpha value is -3.15. The van der Waals surface area contributed by atoms with Crippen molar-refractivity contribution in [1.29, 1.82) is 0 Å². The summed E-state index contributed by atoms with van der Waals surface area (Å²) in [7, 11) is 0. The van der Waals surface area contributed by atoms with E-state index in [9.17, 15) is 19.5 Å². The first kappa shape index (κ1) is 14.8. The summed E-state index contributed by atoms with van der Waals surface area (Å²) in [6.07, 6.45) is 0. The van der Waals surface area contributed by atoms with Crippen molar-refractivity contribution >= 4 is 17.8 Å². The minimum Gasteiger partial charge on any atom is -0.508 e. The number of ether oxygens (including phenoxy) is 1. The number of hydrogen-bond donors (Lipinski definition) is 1. The maximum absolute atomic E-state index is 12.1. The van der Waals surface area contributed by atoms with Crippen LogP contribution in [0.1, 0.15) is 31.1 Å². The van der Waals surface area contributed by atoms with E-state index in [0.29, 0.717) is 11.1 Å². The predicted molar refractivity (Wildman–Crippen MR) is 80.2 cm³/mol. The molecule has 0 fully saturated rings. The second kappa shape index (κ2) is 5.92. The lowest BCUT2D eigenvalue weighted by Gasteiger charge is -2.13. The average molecular weight is 311 g/mol. The average Bonchev–Trinajstić information content (AvgIpc) is 2.80. The summed E-state index contributed by atoms with van der Waals surface area (Å²) in [4.78, 5) is 37.1. The Kier molecular flexibility index (Phi) is 3.80. The van der Waals surface area contributed by atoms with Crippen LogP contribution in [0.5, 0.6) is 5.75 Å². The van der Waals surface area contributed by atoms with E-state index in [-0.39, 0.29) is 36.3 Å². The molecule has 6 heteroatoms. The molecule has 0 bridgehead atoms. The maximum Gasteiger partial charge on any atom is 0.338 e. The highest BCUT2D eigenvalue weighted by Crippen LogP contribution is 2.22. The molecule has 2 aromatic rings. The van der Waals surface area contributed by atoms with Crippen molar-refractivity contribution in [2.24, 2.45) is 0 Å². The molecular weight excluding hydrogens is 298 g/mol. The van der Waals surface area contributed by atoms with Crippen molar-refractivity contribution < 1.29 is 24.2 Å². The number of esters is 1. The van der Waals surface area contributed by atoms with Gasteiger partial charge in [0.1, 0.15) is 12.4 Å². The molecule has 1 aliphatic rings. The van der Waals surface area contributed by atoms with Crippen LogP contribution in [0.2, 0.25) is 0 Å². The van der Waals surface area contributed by atoms with Crippen molar-refractivity contribution in [2.75, 3.05) is 13.2 Å². The van der Waals surface area contributed by atoms with Crippen LogP contribution in [-0.2, 0) is 4.74 Å². The summed E-state index contributed by atoms with van der Waals surface area (Å²) >= 11 is 0. The van der Waals surface area contributed by atoms with E-state index in [2.05, 4.69) is 0 Å². The molecule has 1 heterocycles. The molecule has 6 nitrogen and oxygen atoms in total. The Labute approximate surface area is 131 Å². The van der Waals surface area contributed by atoms with Crippen LogP contribution < -0.4 is 0 Å². The van der Waals surface area contributed by atoms with Crippen LogP contribution in [0.15, 0.2) is 48.5 Å². The summed E-state index contributed by atoms with van der Waals surface area (Å²) in [5.41, 5.74) is 0.918. The maximum atomic E-state index is 12.1. The summed E-state index contributed by atoms with van der Waals surface area (Å²) < 4.78 is 5.04. The molecule has 1 aliphatic heterocycles. The zero-order chi connectivity index (χ0) is 16.4. The fourth-order valence-electron chi connectivity index (χ4n) is 2.39. The highest BCUT2D eigenvalue weighted by Gasteiger charge is 2.34. The van der Waals surface area contributed by atoms with E-state index < -0.39 is 5.97 Å². The molecule has 23 heavy (non-hydrogen) atoms. The van der Waals surface area contributed by atoms with E-state index in [0.717, 1.165) is 4.90 Å². The van der Waals surface area contributed by atoms with E-state index in [4.69, 9.17) is 4.74 Å². The molecule has 2 amide bonds. The van der Waals surface area contributed by atoms with Gasteiger partial charge in [0.15, 0.2) is 0 Å². The number of phenolic OH excluding ortho intramolecular Hbond substituents is 1. The van der Waals surface area contributed by atoms with Gasteiger partial charge < -0.3 is 9.84 Å². The topological polar surface area (TPSA) is 83.9 Å². The molecule has 0 atom stereocenters. The second-order valence-electron chi connectivity index (χ2n) is 4.99. The van der Waals surface area contributed by atoms with Crippen LogP contribution in [0, 0.1) is 0 Å². The van der Waals surface area contributed by atoms with Gasteiger partial charge >= 0.3 is 5.97 Å². The largest absolute Gasteiger partial charge is 0.508 e. The highest BCUT2D eigenvalue weighted by molar-refractivity contribution is 6.21. The third-order valence-electron chi connectivity index (χ3n) is 3.51. The van der Waals surface area contributed by atoms with Crippen molar-refractivity contribution in [3.05, 3.63) is 65.2 Å². The van der Waals surface area contributed by atoms with E-state index in [1.165, 1.54) is 24.3 Å². The van der Waals surface area contributed by atoms with Gasteiger partial charge in [-0.05, 0) is 30.3 Å². The molecule has 116 valence electrons. The Balaban J connectivity index is 1.61. The Morgan fingerprint density at radius 2 is 1.65 bits per heavy atom. The summed E-state index contributed by atoms with van der Waals surface area (Å²) in [5.74, 6) is -1.45. The minimum absolute atomic E-state index is 0.0170. The Bertz CT molecular complexity index is 764. The van der Waals surface area contributed by atoms with Crippen molar-refractivity contribution in [2.45, 2.75) is 0 Å². The molecule has 3 rings (SSSR count). The zero-order valence-corrected chi connectivity index (χ0v) is 12.1. The van der Waals surface area contributed by atoms with Crippen molar-refractivity contribution in [3.8, 4) is 5.75 Å². The number of imide groups is 1. The summed E-state index contributed by atoms with van der Waals surface area (Å²) in [5, 5.41) is 9.32. The Morgan fingerprint density at radius 3 is 2.26 bits per heavy atom. The molecule has 1 N–H and O–H groups in total. The summed E-state index contributed by atoms with van der Waals surface area (Å²) in [6.45, 7) is -0.128. The van der Waals surface area contributed by atoms with Gasteiger partial charge in [-0.2, -0.15) is 0 Å². The third kappa shape index (κ3) is 2.78. The number of carbonyl (C=O) groups excluding carboxylic acids is 3. The van der Waals surface area contributed by atoms with Crippen molar-refractivity contribution in [1.82, 2.24) is 4.90 Å². The lowest BCUT2D eigenvalue weighted by molar-refractivity contribution is 0.0420. The molecule has 0 saturated heterocycles. The first-order valence-electron chi connectivity index (χ1n) is 6.99. The van der Waals surface area contributed by atoms with Crippen LogP contribution in [0.4, 0.5) is 0 Å². The van der Waals surface area contributed by atoms with Gasteiger partial charge in [0.05, 0.1) is 23.2 Å². The molecule has 0 aliphatic carbocycles. The number of rotatable bonds is 4. The fraction of sp³-hybridized carbons (Fsp3) is 0.118. The standard InChI is InChI=1S/C17H13NO5/c19-12-5-3-4-11(10-12)17(22)23-9-8-18-15(20)13-6-1-2-7-14(13)16(18)21/h1-7,10,19H,8-9H2. The molecule has 2 aromatic carbocycles. The first-order chi connectivity index (χ1) is 11.1. The number of carbonyl (C=O) groups is 3. The molecule has 0 unspecified atom stereocenters. The first-order valence-corrected chi connectivity index (χ1v) is 6.99. The molecule has 0 aromatic heterocycles. The number of fused-ring (bicyclic) bond motifs is 1. The van der Waals surface area contributed by atoms with Crippen molar-refractivity contribution in [3.63, 3.8) is 0 Å². The van der Waals surface area contributed by atoms with Gasteiger partial charge in [-0.1, -0.05) is 18.2 Å². The normalized spacial score (nSPS) is 13.1. The number of benzene rings is 2. The molecular formula is C17H13NO5. The number of phenols is 1. The minimum atomic E-state index is -0.627. The number of aromatic hydroxyl groups is 1. The quantitative estimate of drug-likeness (QED) is 0.688. The van der Waals surface area contributed by atoms with Crippen LogP contribution in [0.3, 0.4) is 0 Å². The number of hydrogen-bond acceptors (Lipinski definition) is 5.